The summed E-state index contributed by atoms with van der Waals surface area (Å²) in [5.41, 5.74) is 0. The van der Waals surface area contributed by atoms with E-state index in [1.807, 2.05) is 0 Å². The molecule has 0 aromatic rings. The molecule has 0 heterocycles. The van der Waals surface area contributed by atoms with Crippen molar-refractivity contribution in [2.24, 2.45) is 23.7 Å². The number of rotatable bonds is 4. The third-order valence-electron chi connectivity index (χ3n) is 4.07. The molecule has 13 heavy (non-hydrogen) atoms. The van der Waals surface area contributed by atoms with Crippen LogP contribution in [0.25, 0.3) is 0 Å². The normalized spacial score (nSPS) is 31.2. The van der Waals surface area contributed by atoms with Gasteiger partial charge in [0.05, 0.1) is 0 Å². The molecule has 1 rings (SSSR count). The Morgan fingerprint density at radius 1 is 1.08 bits per heavy atom. The molecule has 0 nitrogen and oxygen atoms in total. The Morgan fingerprint density at radius 2 is 1.69 bits per heavy atom. The van der Waals surface area contributed by atoms with Crippen molar-refractivity contribution in [2.45, 2.75) is 59.8 Å². The molecule has 0 N–H and O–H groups in total. The molecule has 0 radical (unpaired) electrons. The van der Waals surface area contributed by atoms with Crippen LogP contribution in [-0.2, 0) is 0 Å². The lowest BCUT2D eigenvalue weighted by Crippen LogP contribution is -2.09. The first kappa shape index (κ1) is 11.1. The largest absolute Gasteiger partial charge is 0.0651 e. The third-order valence-corrected chi connectivity index (χ3v) is 4.07. The van der Waals surface area contributed by atoms with E-state index in [1.54, 1.807) is 0 Å². The molecule has 0 amide bonds. The molecule has 0 aliphatic heterocycles. The molecule has 1 aliphatic carbocycles. The lowest BCUT2D eigenvalue weighted by Gasteiger charge is -2.19. The van der Waals surface area contributed by atoms with Crippen LogP contribution in [0, 0.1) is 23.7 Å². The van der Waals surface area contributed by atoms with Crippen molar-refractivity contribution in [3.8, 4) is 0 Å². The zero-order valence-corrected chi connectivity index (χ0v) is 9.84. The predicted octanol–water partition coefficient (Wildman–Crippen LogP) is 4.49. The van der Waals surface area contributed by atoms with E-state index in [4.69, 9.17) is 0 Å². The van der Waals surface area contributed by atoms with E-state index >= 15 is 0 Å². The van der Waals surface area contributed by atoms with Gasteiger partial charge in [-0.2, -0.15) is 0 Å². The summed E-state index contributed by atoms with van der Waals surface area (Å²) < 4.78 is 0. The van der Waals surface area contributed by atoms with Gasteiger partial charge in [0.25, 0.3) is 0 Å². The van der Waals surface area contributed by atoms with Crippen LogP contribution in [0.3, 0.4) is 0 Å². The van der Waals surface area contributed by atoms with Gasteiger partial charge in [0, 0.05) is 0 Å². The van der Waals surface area contributed by atoms with Crippen molar-refractivity contribution >= 4 is 0 Å². The van der Waals surface area contributed by atoms with Crippen LogP contribution in [0.15, 0.2) is 0 Å². The number of hydrogen-bond donors (Lipinski definition) is 0. The molecule has 0 heteroatoms. The summed E-state index contributed by atoms with van der Waals surface area (Å²) in [6.07, 6.45) is 7.43. The summed E-state index contributed by atoms with van der Waals surface area (Å²) in [5.74, 6) is 3.92. The minimum atomic E-state index is 0.876. The molecule has 78 valence electrons. The lowest BCUT2D eigenvalue weighted by atomic mass is 9.86. The van der Waals surface area contributed by atoms with Crippen molar-refractivity contribution in [2.75, 3.05) is 0 Å². The van der Waals surface area contributed by atoms with Crippen LogP contribution >= 0.6 is 0 Å². The van der Waals surface area contributed by atoms with E-state index in [9.17, 15) is 0 Å². The van der Waals surface area contributed by atoms with Crippen LogP contribution in [0.4, 0.5) is 0 Å². The standard InChI is InChI=1S/C13H26/c1-5-12-6-7-13(9-12)8-11(4)10(2)3/h10-13H,5-9H2,1-4H3. The lowest BCUT2D eigenvalue weighted by molar-refractivity contribution is 0.315. The molecule has 1 fully saturated rings. The molecule has 1 aliphatic rings. The summed E-state index contributed by atoms with van der Waals surface area (Å²) in [6.45, 7) is 9.48. The van der Waals surface area contributed by atoms with Gasteiger partial charge >= 0.3 is 0 Å². The predicted molar refractivity (Wildman–Crippen MR) is 59.7 cm³/mol. The van der Waals surface area contributed by atoms with Crippen LogP contribution in [0.2, 0.25) is 0 Å². The SMILES string of the molecule is CCC1CCC(CC(C)C(C)C)C1. The highest BCUT2D eigenvalue weighted by molar-refractivity contribution is 4.76. The van der Waals surface area contributed by atoms with Crippen LogP contribution < -0.4 is 0 Å². The molecule has 0 bridgehead atoms. The van der Waals surface area contributed by atoms with Gasteiger partial charge in [-0.3, -0.25) is 0 Å². The average molecular weight is 182 g/mol. The first-order valence-electron chi connectivity index (χ1n) is 6.13. The van der Waals surface area contributed by atoms with E-state index in [2.05, 4.69) is 27.7 Å². The monoisotopic (exact) mass is 182 g/mol. The zero-order chi connectivity index (χ0) is 9.84. The van der Waals surface area contributed by atoms with Crippen molar-refractivity contribution in [3.05, 3.63) is 0 Å². The Morgan fingerprint density at radius 3 is 2.15 bits per heavy atom. The molecule has 3 atom stereocenters. The fourth-order valence-electron chi connectivity index (χ4n) is 2.56. The second-order valence-electron chi connectivity index (χ2n) is 5.41. The van der Waals surface area contributed by atoms with Crippen molar-refractivity contribution in [1.82, 2.24) is 0 Å². The average Bonchev–Trinajstić information content (AvgIpc) is 2.52. The maximum Gasteiger partial charge on any atom is -0.0409 e. The first-order valence-corrected chi connectivity index (χ1v) is 6.13. The Hall–Kier alpha value is 0. The van der Waals surface area contributed by atoms with Gasteiger partial charge in [-0.1, -0.05) is 47.0 Å². The number of hydrogen-bond acceptors (Lipinski definition) is 0. The highest BCUT2D eigenvalue weighted by Gasteiger charge is 2.25. The van der Waals surface area contributed by atoms with Crippen molar-refractivity contribution in [1.29, 1.82) is 0 Å². The molecular weight excluding hydrogens is 156 g/mol. The summed E-state index contributed by atoms with van der Waals surface area (Å²) in [4.78, 5) is 0. The zero-order valence-electron chi connectivity index (χ0n) is 9.84. The third kappa shape index (κ3) is 3.32. The fraction of sp³-hybridized carbons (Fsp3) is 1.00. The molecule has 0 aromatic carbocycles. The van der Waals surface area contributed by atoms with Gasteiger partial charge in [0.2, 0.25) is 0 Å². The van der Waals surface area contributed by atoms with E-state index in [0.29, 0.717) is 0 Å². The van der Waals surface area contributed by atoms with Crippen LogP contribution in [0.5, 0.6) is 0 Å². The van der Waals surface area contributed by atoms with Gasteiger partial charge in [-0.05, 0) is 36.5 Å². The molecule has 3 unspecified atom stereocenters. The fourth-order valence-corrected chi connectivity index (χ4v) is 2.56. The van der Waals surface area contributed by atoms with Gasteiger partial charge in [-0.15, -0.1) is 0 Å². The van der Waals surface area contributed by atoms with Gasteiger partial charge in [0.15, 0.2) is 0 Å². The molecule has 1 saturated carbocycles. The Labute approximate surface area is 84.1 Å². The van der Waals surface area contributed by atoms with Crippen LogP contribution in [-0.4, -0.2) is 0 Å². The quantitative estimate of drug-likeness (QED) is 0.600. The summed E-state index contributed by atoms with van der Waals surface area (Å²) in [5, 5.41) is 0. The second kappa shape index (κ2) is 5.02. The van der Waals surface area contributed by atoms with Crippen molar-refractivity contribution in [3.63, 3.8) is 0 Å². The van der Waals surface area contributed by atoms with E-state index in [0.717, 1.165) is 23.7 Å². The van der Waals surface area contributed by atoms with Gasteiger partial charge in [-0.25, -0.2) is 0 Å². The van der Waals surface area contributed by atoms with E-state index in [-0.39, 0.29) is 0 Å². The van der Waals surface area contributed by atoms with Gasteiger partial charge in [0.1, 0.15) is 0 Å². The molecular formula is C13H26. The maximum absolute atomic E-state index is 2.42. The van der Waals surface area contributed by atoms with Gasteiger partial charge < -0.3 is 0 Å². The molecule has 0 saturated heterocycles. The smallest absolute Gasteiger partial charge is 0.0409 e. The summed E-state index contributed by atoms with van der Waals surface area (Å²) in [6, 6.07) is 0. The second-order valence-corrected chi connectivity index (χ2v) is 5.41. The highest BCUT2D eigenvalue weighted by Crippen LogP contribution is 2.37. The first-order chi connectivity index (χ1) is 6.13. The van der Waals surface area contributed by atoms with Crippen LogP contribution in [0.1, 0.15) is 59.8 Å². The Balaban J connectivity index is 2.23. The van der Waals surface area contributed by atoms with Crippen molar-refractivity contribution < 1.29 is 0 Å². The van der Waals surface area contributed by atoms with E-state index in [1.165, 1.54) is 32.1 Å². The summed E-state index contributed by atoms with van der Waals surface area (Å²) in [7, 11) is 0. The van der Waals surface area contributed by atoms with E-state index < -0.39 is 0 Å². The topological polar surface area (TPSA) is 0 Å². The maximum atomic E-state index is 2.42. The molecule has 0 aromatic heterocycles. The highest BCUT2D eigenvalue weighted by atomic mass is 14.3. The minimum absolute atomic E-state index is 0.876. The molecule has 0 spiro atoms. The Bertz CT molecular complexity index is 137. The Kier molecular flexibility index (Phi) is 4.28. The minimum Gasteiger partial charge on any atom is -0.0651 e. The summed E-state index contributed by atoms with van der Waals surface area (Å²) >= 11 is 0.